The molecule has 0 amide bonds. The predicted octanol–water partition coefficient (Wildman–Crippen LogP) is 5.41. The largest absolute Gasteiger partial charge is 0.497 e. The van der Waals surface area contributed by atoms with E-state index in [1.54, 1.807) is 14.2 Å². The van der Waals surface area contributed by atoms with Gasteiger partial charge in [-0.15, -0.1) is 0 Å². The fourth-order valence-corrected chi connectivity index (χ4v) is 4.38. The number of fused-ring (bicyclic) bond motifs is 1. The standard InChI is InChI=1S/C28H30N4O2/c1-31-12-14-32(15-13-31)24-8-6-23(7-9-24)30-28-27-18-21(5-4-20(27)10-11-29-28)22-16-25(33-2)19-26(17-22)34-3/h4-11,16-19H,12-15H2,1-3H3,(H,29,30). The van der Waals surface area contributed by atoms with Crippen molar-refractivity contribution in [2.24, 2.45) is 0 Å². The SMILES string of the molecule is COc1cc(OC)cc(-c2ccc3ccnc(Nc4ccc(N5CCN(C)CC5)cc4)c3c2)c1. The summed E-state index contributed by atoms with van der Waals surface area (Å²) in [5.41, 5.74) is 4.39. The highest BCUT2D eigenvalue weighted by Gasteiger charge is 2.14. The fraction of sp³-hybridized carbons (Fsp3) is 0.250. The number of anilines is 3. The van der Waals surface area contributed by atoms with E-state index in [0.717, 1.165) is 71.1 Å². The highest BCUT2D eigenvalue weighted by Crippen LogP contribution is 2.33. The highest BCUT2D eigenvalue weighted by molar-refractivity contribution is 5.96. The molecule has 0 spiro atoms. The topological polar surface area (TPSA) is 49.9 Å². The van der Waals surface area contributed by atoms with Gasteiger partial charge in [-0.3, -0.25) is 0 Å². The van der Waals surface area contributed by atoms with Crippen molar-refractivity contribution in [2.45, 2.75) is 0 Å². The third-order valence-corrected chi connectivity index (χ3v) is 6.45. The van der Waals surface area contributed by atoms with Gasteiger partial charge in [0.15, 0.2) is 0 Å². The lowest BCUT2D eigenvalue weighted by molar-refractivity contribution is 0.313. The monoisotopic (exact) mass is 454 g/mol. The van der Waals surface area contributed by atoms with Crippen molar-refractivity contribution in [3.05, 3.63) is 72.9 Å². The lowest BCUT2D eigenvalue weighted by atomic mass is 10.0. The number of aromatic nitrogens is 1. The van der Waals surface area contributed by atoms with E-state index in [4.69, 9.17) is 9.47 Å². The maximum Gasteiger partial charge on any atom is 0.138 e. The number of rotatable bonds is 6. The number of likely N-dealkylation sites (N-methyl/N-ethyl adjacent to an activating group) is 1. The number of ether oxygens (including phenoxy) is 2. The van der Waals surface area contributed by atoms with Gasteiger partial charge >= 0.3 is 0 Å². The van der Waals surface area contributed by atoms with Crippen molar-refractivity contribution in [1.82, 2.24) is 9.88 Å². The maximum atomic E-state index is 5.46. The van der Waals surface area contributed by atoms with Gasteiger partial charge in [0.1, 0.15) is 17.3 Å². The first-order valence-corrected chi connectivity index (χ1v) is 11.6. The molecule has 3 aromatic carbocycles. The molecular weight excluding hydrogens is 424 g/mol. The molecule has 4 aromatic rings. The molecule has 6 heteroatoms. The smallest absolute Gasteiger partial charge is 0.138 e. The molecule has 1 fully saturated rings. The van der Waals surface area contributed by atoms with Gasteiger partial charge in [-0.1, -0.05) is 12.1 Å². The van der Waals surface area contributed by atoms with Gasteiger partial charge in [-0.25, -0.2) is 4.98 Å². The third kappa shape index (κ3) is 4.63. The van der Waals surface area contributed by atoms with Crippen LogP contribution in [-0.2, 0) is 0 Å². The van der Waals surface area contributed by atoms with Crippen LogP contribution < -0.4 is 19.7 Å². The zero-order chi connectivity index (χ0) is 23.5. The molecule has 1 aliphatic heterocycles. The average molecular weight is 455 g/mol. The van der Waals surface area contributed by atoms with Gasteiger partial charge in [0, 0.05) is 55.2 Å². The minimum atomic E-state index is 0.763. The number of hydrogen-bond donors (Lipinski definition) is 1. The van der Waals surface area contributed by atoms with Gasteiger partial charge < -0.3 is 24.6 Å². The van der Waals surface area contributed by atoms with E-state index in [1.165, 1.54) is 5.69 Å². The summed E-state index contributed by atoms with van der Waals surface area (Å²) in [6.45, 7) is 4.32. The molecule has 1 N–H and O–H groups in total. The number of nitrogens with zero attached hydrogens (tertiary/aromatic N) is 3. The van der Waals surface area contributed by atoms with Crippen LogP contribution in [0.3, 0.4) is 0 Å². The van der Waals surface area contributed by atoms with Crippen molar-refractivity contribution in [1.29, 1.82) is 0 Å². The molecule has 34 heavy (non-hydrogen) atoms. The van der Waals surface area contributed by atoms with E-state index >= 15 is 0 Å². The first kappa shape index (κ1) is 22.0. The quantitative estimate of drug-likeness (QED) is 0.420. The summed E-state index contributed by atoms with van der Waals surface area (Å²) < 4.78 is 10.9. The van der Waals surface area contributed by atoms with Gasteiger partial charge in [-0.05, 0) is 72.1 Å². The maximum absolute atomic E-state index is 5.46. The van der Waals surface area contributed by atoms with E-state index in [0.29, 0.717) is 0 Å². The van der Waals surface area contributed by atoms with Crippen molar-refractivity contribution >= 4 is 28.0 Å². The first-order valence-electron chi connectivity index (χ1n) is 11.6. The van der Waals surface area contributed by atoms with Gasteiger partial charge in [0.05, 0.1) is 14.2 Å². The summed E-state index contributed by atoms with van der Waals surface area (Å²) in [6.07, 6.45) is 1.84. The minimum Gasteiger partial charge on any atom is -0.497 e. The second-order valence-electron chi connectivity index (χ2n) is 8.66. The second kappa shape index (κ2) is 9.61. The molecule has 0 saturated carbocycles. The lowest BCUT2D eigenvalue weighted by Gasteiger charge is -2.34. The molecule has 0 aliphatic carbocycles. The van der Waals surface area contributed by atoms with Gasteiger partial charge in [-0.2, -0.15) is 0 Å². The van der Waals surface area contributed by atoms with Crippen molar-refractivity contribution in [3.63, 3.8) is 0 Å². The van der Waals surface area contributed by atoms with Crippen LogP contribution in [-0.4, -0.2) is 57.3 Å². The summed E-state index contributed by atoms with van der Waals surface area (Å²) in [5.74, 6) is 2.36. The number of nitrogens with one attached hydrogen (secondary N) is 1. The average Bonchev–Trinajstić information content (AvgIpc) is 2.89. The molecule has 1 saturated heterocycles. The predicted molar refractivity (Wildman–Crippen MR) is 140 cm³/mol. The Kier molecular flexibility index (Phi) is 6.23. The van der Waals surface area contributed by atoms with E-state index in [1.807, 2.05) is 30.5 Å². The third-order valence-electron chi connectivity index (χ3n) is 6.45. The number of hydrogen-bond acceptors (Lipinski definition) is 6. The van der Waals surface area contributed by atoms with Crippen LogP contribution in [0.4, 0.5) is 17.2 Å². The molecule has 1 aromatic heterocycles. The van der Waals surface area contributed by atoms with Crippen LogP contribution >= 0.6 is 0 Å². The molecule has 0 atom stereocenters. The minimum absolute atomic E-state index is 0.763. The van der Waals surface area contributed by atoms with E-state index in [-0.39, 0.29) is 0 Å². The van der Waals surface area contributed by atoms with Crippen molar-refractivity contribution in [2.75, 3.05) is 57.7 Å². The zero-order valence-electron chi connectivity index (χ0n) is 19.9. The zero-order valence-corrected chi connectivity index (χ0v) is 19.9. The van der Waals surface area contributed by atoms with Crippen molar-refractivity contribution < 1.29 is 9.47 Å². The van der Waals surface area contributed by atoms with Crippen LogP contribution in [0.2, 0.25) is 0 Å². The lowest BCUT2D eigenvalue weighted by Crippen LogP contribution is -2.44. The molecule has 0 unspecified atom stereocenters. The van der Waals surface area contributed by atoms with Crippen molar-refractivity contribution in [3.8, 4) is 22.6 Å². The molecule has 174 valence electrons. The van der Waals surface area contributed by atoms with E-state index in [9.17, 15) is 0 Å². The Balaban J connectivity index is 1.43. The Labute approximate surface area is 200 Å². The van der Waals surface area contributed by atoms with Gasteiger partial charge in [0.2, 0.25) is 0 Å². The van der Waals surface area contributed by atoms with Crippen LogP contribution in [0, 0.1) is 0 Å². The molecule has 0 bridgehead atoms. The normalized spacial score (nSPS) is 14.3. The Morgan fingerprint density at radius 2 is 1.47 bits per heavy atom. The highest BCUT2D eigenvalue weighted by atomic mass is 16.5. The molecule has 1 aliphatic rings. The molecule has 0 radical (unpaired) electrons. The number of piperazine rings is 1. The molecule has 2 heterocycles. The number of pyridine rings is 1. The Bertz CT molecular complexity index is 1260. The van der Waals surface area contributed by atoms with E-state index in [2.05, 4.69) is 69.6 Å². The van der Waals surface area contributed by atoms with E-state index < -0.39 is 0 Å². The van der Waals surface area contributed by atoms with Crippen LogP contribution in [0.1, 0.15) is 0 Å². The molecule has 6 nitrogen and oxygen atoms in total. The van der Waals surface area contributed by atoms with Crippen LogP contribution in [0.25, 0.3) is 21.9 Å². The summed E-state index contributed by atoms with van der Waals surface area (Å²) >= 11 is 0. The number of benzene rings is 3. The Morgan fingerprint density at radius 3 is 2.15 bits per heavy atom. The van der Waals surface area contributed by atoms with Gasteiger partial charge in [0.25, 0.3) is 0 Å². The summed E-state index contributed by atoms with van der Waals surface area (Å²) in [5, 5.41) is 5.71. The van der Waals surface area contributed by atoms with Crippen LogP contribution in [0.15, 0.2) is 72.9 Å². The van der Waals surface area contributed by atoms with Crippen LogP contribution in [0.5, 0.6) is 11.5 Å². The summed E-state index contributed by atoms with van der Waals surface area (Å²) in [6, 6.07) is 23.0. The number of methoxy groups -OCH3 is 2. The molecular formula is C28H30N4O2. The summed E-state index contributed by atoms with van der Waals surface area (Å²) in [7, 11) is 5.51. The molecule has 5 rings (SSSR count). The fourth-order valence-electron chi connectivity index (χ4n) is 4.38. The summed E-state index contributed by atoms with van der Waals surface area (Å²) in [4.78, 5) is 9.46. The first-order chi connectivity index (χ1) is 16.6. The Hall–Kier alpha value is -3.77. The Morgan fingerprint density at radius 1 is 0.765 bits per heavy atom. The second-order valence-corrected chi connectivity index (χ2v) is 8.66.